The molecule has 0 atom stereocenters. The van der Waals surface area contributed by atoms with E-state index in [4.69, 9.17) is 10.5 Å². The van der Waals surface area contributed by atoms with Gasteiger partial charge in [-0.05, 0) is 31.6 Å². The maximum absolute atomic E-state index is 10.9. The van der Waals surface area contributed by atoms with Crippen LogP contribution in [0, 0.1) is 5.92 Å². The summed E-state index contributed by atoms with van der Waals surface area (Å²) >= 11 is 0. The molecule has 4 nitrogen and oxygen atoms in total. The summed E-state index contributed by atoms with van der Waals surface area (Å²) in [7, 11) is 1.77. The van der Waals surface area contributed by atoms with Crippen LogP contribution in [0.2, 0.25) is 0 Å². The highest BCUT2D eigenvalue weighted by molar-refractivity contribution is 5.77. The van der Waals surface area contributed by atoms with Gasteiger partial charge in [0.15, 0.2) is 0 Å². The maximum Gasteiger partial charge on any atom is 0.233 e. The van der Waals surface area contributed by atoms with E-state index < -0.39 is 0 Å². The van der Waals surface area contributed by atoms with E-state index in [1.165, 1.54) is 0 Å². The lowest BCUT2D eigenvalue weighted by Crippen LogP contribution is -2.35. The standard InChI is InChI=1S/C10H20N2O2/c1-14-9-4-2-8(3-5-9)7-12-10(13)6-11/h8-9H,2-7,11H2,1H3,(H,12,13). The zero-order valence-corrected chi connectivity index (χ0v) is 8.79. The van der Waals surface area contributed by atoms with Crippen molar-refractivity contribution in [1.29, 1.82) is 0 Å². The fraction of sp³-hybridized carbons (Fsp3) is 0.900. The number of methoxy groups -OCH3 is 1. The Hall–Kier alpha value is -0.610. The fourth-order valence-corrected chi connectivity index (χ4v) is 1.90. The van der Waals surface area contributed by atoms with Gasteiger partial charge in [0.1, 0.15) is 0 Å². The summed E-state index contributed by atoms with van der Waals surface area (Å²) in [5.74, 6) is 0.552. The lowest BCUT2D eigenvalue weighted by molar-refractivity contribution is -0.120. The molecule has 0 bridgehead atoms. The molecule has 14 heavy (non-hydrogen) atoms. The van der Waals surface area contributed by atoms with Gasteiger partial charge in [0.05, 0.1) is 12.6 Å². The van der Waals surface area contributed by atoms with E-state index in [2.05, 4.69) is 5.32 Å². The molecule has 0 aliphatic heterocycles. The number of ether oxygens (including phenoxy) is 1. The molecule has 1 amide bonds. The van der Waals surface area contributed by atoms with E-state index in [1.54, 1.807) is 7.11 Å². The Labute approximate surface area is 85.2 Å². The number of carbonyl (C=O) groups is 1. The second-order valence-electron chi connectivity index (χ2n) is 3.89. The SMILES string of the molecule is COC1CCC(CNC(=O)CN)CC1. The van der Waals surface area contributed by atoms with Crippen LogP contribution in [-0.2, 0) is 9.53 Å². The number of amides is 1. The summed E-state index contributed by atoms with van der Waals surface area (Å²) in [6.07, 6.45) is 4.93. The van der Waals surface area contributed by atoms with E-state index in [-0.39, 0.29) is 12.5 Å². The van der Waals surface area contributed by atoms with Gasteiger partial charge in [0.2, 0.25) is 5.91 Å². The minimum atomic E-state index is -0.0566. The van der Waals surface area contributed by atoms with Gasteiger partial charge >= 0.3 is 0 Å². The third-order valence-electron chi connectivity index (χ3n) is 2.90. The summed E-state index contributed by atoms with van der Waals surface area (Å²) in [6, 6.07) is 0. The molecule has 0 unspecified atom stereocenters. The number of nitrogens with one attached hydrogen (secondary N) is 1. The Bertz CT molecular complexity index is 177. The second-order valence-corrected chi connectivity index (χ2v) is 3.89. The predicted molar refractivity (Wildman–Crippen MR) is 54.8 cm³/mol. The number of carbonyl (C=O) groups excluding carboxylic acids is 1. The highest BCUT2D eigenvalue weighted by atomic mass is 16.5. The van der Waals surface area contributed by atoms with Crippen LogP contribution in [0.1, 0.15) is 25.7 Å². The van der Waals surface area contributed by atoms with Crippen molar-refractivity contribution in [1.82, 2.24) is 5.32 Å². The van der Waals surface area contributed by atoms with Gasteiger partial charge < -0.3 is 15.8 Å². The molecule has 1 aliphatic rings. The number of hydrogen-bond acceptors (Lipinski definition) is 3. The average Bonchev–Trinajstić information content (AvgIpc) is 2.26. The molecule has 1 aliphatic carbocycles. The minimum Gasteiger partial charge on any atom is -0.381 e. The van der Waals surface area contributed by atoms with Crippen molar-refractivity contribution in [2.75, 3.05) is 20.2 Å². The third-order valence-corrected chi connectivity index (χ3v) is 2.90. The Morgan fingerprint density at radius 1 is 1.43 bits per heavy atom. The van der Waals surface area contributed by atoms with Gasteiger partial charge in [-0.3, -0.25) is 4.79 Å². The van der Waals surface area contributed by atoms with Crippen molar-refractivity contribution in [3.05, 3.63) is 0 Å². The lowest BCUT2D eigenvalue weighted by atomic mass is 9.87. The molecule has 1 rings (SSSR count). The highest BCUT2D eigenvalue weighted by Gasteiger charge is 2.20. The van der Waals surface area contributed by atoms with Crippen LogP contribution in [0.5, 0.6) is 0 Å². The molecule has 0 aromatic carbocycles. The van der Waals surface area contributed by atoms with Gasteiger partial charge in [0, 0.05) is 13.7 Å². The van der Waals surface area contributed by atoms with E-state index in [0.29, 0.717) is 12.0 Å². The largest absolute Gasteiger partial charge is 0.381 e. The predicted octanol–water partition coefficient (Wildman–Crippen LogP) is 0.267. The highest BCUT2D eigenvalue weighted by Crippen LogP contribution is 2.25. The summed E-state index contributed by atoms with van der Waals surface area (Å²) < 4.78 is 5.28. The van der Waals surface area contributed by atoms with E-state index in [1.807, 2.05) is 0 Å². The Balaban J connectivity index is 2.13. The van der Waals surface area contributed by atoms with E-state index >= 15 is 0 Å². The monoisotopic (exact) mass is 200 g/mol. The molecule has 0 heterocycles. The van der Waals surface area contributed by atoms with E-state index in [0.717, 1.165) is 32.2 Å². The second kappa shape index (κ2) is 5.98. The van der Waals surface area contributed by atoms with Crippen molar-refractivity contribution in [3.63, 3.8) is 0 Å². The molecule has 4 heteroatoms. The Morgan fingerprint density at radius 2 is 2.07 bits per heavy atom. The average molecular weight is 200 g/mol. The molecule has 0 saturated heterocycles. The molecular formula is C10H20N2O2. The van der Waals surface area contributed by atoms with Crippen LogP contribution in [0.15, 0.2) is 0 Å². The van der Waals surface area contributed by atoms with Crippen LogP contribution in [0.25, 0.3) is 0 Å². The first-order valence-corrected chi connectivity index (χ1v) is 5.25. The zero-order chi connectivity index (χ0) is 10.4. The van der Waals surface area contributed by atoms with Gasteiger partial charge in [-0.15, -0.1) is 0 Å². The van der Waals surface area contributed by atoms with Crippen molar-refractivity contribution >= 4 is 5.91 Å². The topological polar surface area (TPSA) is 64.3 Å². The van der Waals surface area contributed by atoms with Crippen molar-refractivity contribution in [2.24, 2.45) is 11.7 Å². The first kappa shape index (κ1) is 11.5. The zero-order valence-electron chi connectivity index (χ0n) is 8.79. The number of nitrogens with two attached hydrogens (primary N) is 1. The Kier molecular flexibility index (Phi) is 4.90. The smallest absolute Gasteiger partial charge is 0.233 e. The molecule has 82 valence electrons. The minimum absolute atomic E-state index is 0.0566. The van der Waals surface area contributed by atoms with E-state index in [9.17, 15) is 4.79 Å². The first-order chi connectivity index (χ1) is 6.76. The quantitative estimate of drug-likeness (QED) is 0.684. The molecule has 1 fully saturated rings. The normalized spacial score (nSPS) is 27.3. The van der Waals surface area contributed by atoms with Gasteiger partial charge in [-0.25, -0.2) is 0 Å². The van der Waals surface area contributed by atoms with Crippen molar-refractivity contribution < 1.29 is 9.53 Å². The molecule has 0 aromatic rings. The molecule has 0 radical (unpaired) electrons. The lowest BCUT2D eigenvalue weighted by Gasteiger charge is -2.27. The van der Waals surface area contributed by atoms with Crippen LogP contribution in [0.3, 0.4) is 0 Å². The van der Waals surface area contributed by atoms with Gasteiger partial charge in [0.25, 0.3) is 0 Å². The first-order valence-electron chi connectivity index (χ1n) is 5.25. The van der Waals surface area contributed by atoms with Gasteiger partial charge in [-0.1, -0.05) is 0 Å². The Morgan fingerprint density at radius 3 is 2.57 bits per heavy atom. The molecular weight excluding hydrogens is 180 g/mol. The summed E-state index contributed by atoms with van der Waals surface area (Å²) in [5.41, 5.74) is 5.20. The van der Waals surface area contributed by atoms with Crippen LogP contribution < -0.4 is 11.1 Å². The molecule has 0 spiro atoms. The molecule has 1 saturated carbocycles. The van der Waals surface area contributed by atoms with Crippen molar-refractivity contribution in [2.45, 2.75) is 31.8 Å². The van der Waals surface area contributed by atoms with Crippen LogP contribution in [-0.4, -0.2) is 32.2 Å². The molecule has 3 N–H and O–H groups in total. The van der Waals surface area contributed by atoms with Crippen LogP contribution in [0.4, 0.5) is 0 Å². The third kappa shape index (κ3) is 3.64. The van der Waals surface area contributed by atoms with Crippen LogP contribution >= 0.6 is 0 Å². The summed E-state index contributed by atoms with van der Waals surface area (Å²) in [4.78, 5) is 10.9. The number of rotatable bonds is 4. The summed E-state index contributed by atoms with van der Waals surface area (Å²) in [6.45, 7) is 0.861. The molecule has 0 aromatic heterocycles. The van der Waals surface area contributed by atoms with Crippen molar-refractivity contribution in [3.8, 4) is 0 Å². The van der Waals surface area contributed by atoms with Gasteiger partial charge in [-0.2, -0.15) is 0 Å². The summed E-state index contributed by atoms with van der Waals surface area (Å²) in [5, 5.41) is 2.83. The fourth-order valence-electron chi connectivity index (χ4n) is 1.90. The number of hydrogen-bond donors (Lipinski definition) is 2. The maximum atomic E-state index is 10.9.